The zero-order valence-electron chi connectivity index (χ0n) is 5.77. The number of nitro groups is 1. The molecule has 1 N–H and O–H groups in total. The van der Waals surface area contributed by atoms with Crippen molar-refractivity contribution in [3.05, 3.63) is 32.6 Å². The summed E-state index contributed by atoms with van der Waals surface area (Å²) < 4.78 is 0.211. The summed E-state index contributed by atoms with van der Waals surface area (Å²) in [5.74, 6) is 0. The van der Waals surface area contributed by atoms with Gasteiger partial charge in [0, 0.05) is 6.07 Å². The molecule has 0 aliphatic rings. The van der Waals surface area contributed by atoms with E-state index in [2.05, 4.69) is 4.98 Å². The van der Waals surface area contributed by atoms with Crippen LogP contribution in [-0.2, 0) is 0 Å². The van der Waals surface area contributed by atoms with E-state index in [9.17, 15) is 10.1 Å². The number of hydrogen-bond acceptors (Lipinski definition) is 4. The topological polar surface area (TPSA) is 82.7 Å². The van der Waals surface area contributed by atoms with Gasteiger partial charge in [-0.05, 0) is 0 Å². The van der Waals surface area contributed by atoms with Gasteiger partial charge in [0.15, 0.2) is 0 Å². The maximum atomic E-state index is 10.2. The Kier molecular flexibility index (Phi) is 2.16. The third-order valence-electron chi connectivity index (χ3n) is 1.22. The quantitative estimate of drug-likeness (QED) is 0.404. The third kappa shape index (κ3) is 1.46. The highest BCUT2D eigenvalue weighted by Gasteiger charge is 2.06. The van der Waals surface area contributed by atoms with E-state index < -0.39 is 4.92 Å². The fraction of sp³-hybridized carbons (Fsp3) is 0. The van der Waals surface area contributed by atoms with Crippen molar-refractivity contribution >= 4 is 17.9 Å². The molecule has 0 amide bonds. The second-order valence-corrected chi connectivity index (χ2v) is 2.38. The van der Waals surface area contributed by atoms with Crippen molar-refractivity contribution in [3.63, 3.8) is 0 Å². The van der Waals surface area contributed by atoms with Gasteiger partial charge in [-0.1, -0.05) is 12.2 Å². The van der Waals surface area contributed by atoms with Crippen molar-refractivity contribution < 1.29 is 4.92 Å². The standard InChI is InChI=1S/C6H3N3O2S/c7-2-4-1-5(9(10)11)3-8-6(4)12/h1,3H,(H,8,12). The Morgan fingerprint density at radius 1 is 1.75 bits per heavy atom. The van der Waals surface area contributed by atoms with Gasteiger partial charge in [-0.25, -0.2) is 0 Å². The van der Waals surface area contributed by atoms with Crippen LogP contribution in [0.3, 0.4) is 0 Å². The molecule has 1 aromatic rings. The second kappa shape index (κ2) is 3.11. The molecule has 12 heavy (non-hydrogen) atoms. The Morgan fingerprint density at radius 2 is 2.42 bits per heavy atom. The minimum Gasteiger partial charge on any atom is -0.346 e. The molecule has 0 spiro atoms. The Balaban J connectivity index is 3.35. The summed E-state index contributed by atoms with van der Waals surface area (Å²) in [6, 6.07) is 2.89. The zero-order chi connectivity index (χ0) is 9.14. The summed E-state index contributed by atoms with van der Waals surface area (Å²) in [4.78, 5) is 12.1. The SMILES string of the molecule is N#Cc1cc([N+](=O)[O-])c[nH]c1=S. The van der Waals surface area contributed by atoms with Crippen molar-refractivity contribution in [1.82, 2.24) is 4.98 Å². The van der Waals surface area contributed by atoms with Crippen LogP contribution in [0, 0.1) is 26.1 Å². The summed E-state index contributed by atoms with van der Waals surface area (Å²) in [7, 11) is 0. The van der Waals surface area contributed by atoms with E-state index in [-0.39, 0.29) is 15.9 Å². The summed E-state index contributed by atoms with van der Waals surface area (Å²) in [5.41, 5.74) is -0.0562. The molecule has 0 aliphatic carbocycles. The van der Waals surface area contributed by atoms with Crippen molar-refractivity contribution in [1.29, 1.82) is 5.26 Å². The van der Waals surface area contributed by atoms with E-state index >= 15 is 0 Å². The van der Waals surface area contributed by atoms with Gasteiger partial charge in [0.1, 0.15) is 10.7 Å². The lowest BCUT2D eigenvalue weighted by Gasteiger charge is -1.91. The smallest absolute Gasteiger partial charge is 0.286 e. The van der Waals surface area contributed by atoms with E-state index in [4.69, 9.17) is 17.5 Å². The zero-order valence-corrected chi connectivity index (χ0v) is 6.59. The molecule has 0 aromatic carbocycles. The number of pyridine rings is 1. The molecule has 1 aromatic heterocycles. The van der Waals surface area contributed by atoms with Crippen LogP contribution in [0.15, 0.2) is 12.3 Å². The Hall–Kier alpha value is -1.74. The monoisotopic (exact) mass is 181 g/mol. The van der Waals surface area contributed by atoms with Crippen LogP contribution in [0.5, 0.6) is 0 Å². The molecule has 5 nitrogen and oxygen atoms in total. The molecule has 0 fully saturated rings. The van der Waals surface area contributed by atoms with Crippen LogP contribution < -0.4 is 0 Å². The molecule has 1 rings (SSSR count). The predicted octanol–water partition coefficient (Wildman–Crippen LogP) is 1.52. The number of rotatable bonds is 1. The van der Waals surface area contributed by atoms with E-state index in [0.29, 0.717) is 0 Å². The van der Waals surface area contributed by atoms with Gasteiger partial charge in [-0.3, -0.25) is 10.1 Å². The Labute approximate surface area is 72.4 Å². The molecule has 0 saturated heterocycles. The maximum absolute atomic E-state index is 10.2. The first kappa shape index (κ1) is 8.36. The minimum absolute atomic E-state index is 0.110. The molecular weight excluding hydrogens is 178 g/mol. The predicted molar refractivity (Wildman–Crippen MR) is 43.0 cm³/mol. The first-order chi connectivity index (χ1) is 5.65. The van der Waals surface area contributed by atoms with Gasteiger partial charge in [0.2, 0.25) is 0 Å². The number of aromatic nitrogens is 1. The normalized spacial score (nSPS) is 8.92. The first-order valence-corrected chi connectivity index (χ1v) is 3.33. The fourth-order valence-corrected chi connectivity index (χ4v) is 0.824. The van der Waals surface area contributed by atoms with Crippen molar-refractivity contribution in [2.75, 3.05) is 0 Å². The lowest BCUT2D eigenvalue weighted by molar-refractivity contribution is -0.385. The molecule has 0 radical (unpaired) electrons. The highest BCUT2D eigenvalue weighted by molar-refractivity contribution is 7.71. The van der Waals surface area contributed by atoms with Crippen molar-refractivity contribution in [3.8, 4) is 6.07 Å². The van der Waals surface area contributed by atoms with Crippen LogP contribution in [-0.4, -0.2) is 9.91 Å². The molecule has 1 heterocycles. The molecule has 0 aliphatic heterocycles. The lowest BCUT2D eigenvalue weighted by atomic mass is 10.3. The summed E-state index contributed by atoms with van der Waals surface area (Å²) in [6.45, 7) is 0. The number of nitrogens with one attached hydrogen (secondary N) is 1. The van der Waals surface area contributed by atoms with E-state index in [0.717, 1.165) is 12.3 Å². The maximum Gasteiger partial charge on any atom is 0.286 e. The van der Waals surface area contributed by atoms with Gasteiger partial charge in [0.05, 0.1) is 16.7 Å². The molecular formula is C6H3N3O2S. The third-order valence-corrected chi connectivity index (χ3v) is 1.56. The molecule has 0 atom stereocenters. The number of hydrogen-bond donors (Lipinski definition) is 1. The van der Waals surface area contributed by atoms with Crippen LogP contribution in [0.4, 0.5) is 5.69 Å². The minimum atomic E-state index is -0.591. The summed E-state index contributed by atoms with van der Waals surface area (Å²) >= 11 is 4.70. The molecule has 60 valence electrons. The van der Waals surface area contributed by atoms with Gasteiger partial charge in [-0.15, -0.1) is 0 Å². The number of nitriles is 1. The molecule has 0 bridgehead atoms. The van der Waals surface area contributed by atoms with Crippen LogP contribution >= 0.6 is 12.2 Å². The Bertz CT molecular complexity index is 418. The van der Waals surface area contributed by atoms with E-state index in [1.54, 1.807) is 6.07 Å². The number of aromatic amines is 1. The summed E-state index contributed by atoms with van der Waals surface area (Å²) in [5, 5.41) is 18.7. The van der Waals surface area contributed by atoms with Crippen molar-refractivity contribution in [2.45, 2.75) is 0 Å². The van der Waals surface area contributed by atoms with Gasteiger partial charge in [-0.2, -0.15) is 5.26 Å². The van der Waals surface area contributed by atoms with Crippen LogP contribution in [0.2, 0.25) is 0 Å². The van der Waals surface area contributed by atoms with Gasteiger partial charge < -0.3 is 4.98 Å². The summed E-state index contributed by atoms with van der Waals surface area (Å²) in [6.07, 6.45) is 1.16. The average Bonchev–Trinajstić information content (AvgIpc) is 2.05. The van der Waals surface area contributed by atoms with Gasteiger partial charge >= 0.3 is 0 Å². The second-order valence-electron chi connectivity index (χ2n) is 1.97. The van der Waals surface area contributed by atoms with Crippen molar-refractivity contribution in [2.24, 2.45) is 0 Å². The molecule has 6 heteroatoms. The number of H-pyrrole nitrogens is 1. The highest BCUT2D eigenvalue weighted by Crippen LogP contribution is 2.11. The average molecular weight is 181 g/mol. The lowest BCUT2D eigenvalue weighted by Crippen LogP contribution is -1.90. The van der Waals surface area contributed by atoms with E-state index in [1.165, 1.54) is 0 Å². The number of nitrogens with zero attached hydrogens (tertiary/aromatic N) is 2. The molecule has 0 unspecified atom stereocenters. The van der Waals surface area contributed by atoms with Gasteiger partial charge in [0.25, 0.3) is 5.69 Å². The Morgan fingerprint density at radius 3 is 2.92 bits per heavy atom. The molecule has 0 saturated carbocycles. The highest BCUT2D eigenvalue weighted by atomic mass is 32.1. The van der Waals surface area contributed by atoms with E-state index in [1.807, 2.05) is 0 Å². The fourth-order valence-electron chi connectivity index (χ4n) is 0.661. The van der Waals surface area contributed by atoms with Crippen LogP contribution in [0.25, 0.3) is 0 Å². The van der Waals surface area contributed by atoms with Crippen LogP contribution in [0.1, 0.15) is 5.56 Å². The first-order valence-electron chi connectivity index (χ1n) is 2.92. The largest absolute Gasteiger partial charge is 0.346 e.